The lowest BCUT2D eigenvalue weighted by molar-refractivity contribution is 0.102. The first-order valence-electron chi connectivity index (χ1n) is 7.36. The maximum absolute atomic E-state index is 12.6. The molecule has 0 spiro atoms. The van der Waals surface area contributed by atoms with Crippen molar-refractivity contribution >= 4 is 28.3 Å². The fourth-order valence-electron chi connectivity index (χ4n) is 2.61. The van der Waals surface area contributed by atoms with E-state index in [4.69, 9.17) is 0 Å². The van der Waals surface area contributed by atoms with Crippen LogP contribution in [0.5, 0.6) is 0 Å². The Kier molecular flexibility index (Phi) is 3.42. The molecule has 1 heterocycles. The monoisotopic (exact) mass is 309 g/mol. The van der Waals surface area contributed by atoms with Crippen LogP contribution in [-0.2, 0) is 0 Å². The number of rotatable bonds is 5. The number of carbonyl (C=O) groups excluding carboxylic acids is 1. The minimum atomic E-state index is 0.132. The van der Waals surface area contributed by atoms with E-state index in [0.717, 1.165) is 21.5 Å². The summed E-state index contributed by atoms with van der Waals surface area (Å²) >= 11 is 1.47. The van der Waals surface area contributed by atoms with Gasteiger partial charge < -0.3 is 4.57 Å². The number of carbonyl (C=O) groups is 1. The van der Waals surface area contributed by atoms with Gasteiger partial charge in [-0.25, -0.2) is 0 Å². The van der Waals surface area contributed by atoms with Gasteiger partial charge in [0.1, 0.15) is 6.33 Å². The highest BCUT2D eigenvalue weighted by Gasteiger charge is 2.26. The van der Waals surface area contributed by atoms with Gasteiger partial charge >= 0.3 is 0 Å². The average molecular weight is 309 g/mol. The SMILES string of the molecule is O=C(CSc1nncn1C1CC1)c1cccc2ccccc12. The van der Waals surface area contributed by atoms with Crippen molar-refractivity contribution in [1.82, 2.24) is 14.8 Å². The van der Waals surface area contributed by atoms with Gasteiger partial charge in [0.15, 0.2) is 10.9 Å². The predicted molar refractivity (Wildman–Crippen MR) is 87.3 cm³/mol. The van der Waals surface area contributed by atoms with Gasteiger partial charge in [-0.15, -0.1) is 10.2 Å². The normalized spacial score (nSPS) is 14.4. The number of hydrogen-bond acceptors (Lipinski definition) is 4. The van der Waals surface area contributed by atoms with Gasteiger partial charge in [0.25, 0.3) is 0 Å². The number of aromatic nitrogens is 3. The molecule has 0 radical (unpaired) electrons. The van der Waals surface area contributed by atoms with Crippen molar-refractivity contribution in [3.63, 3.8) is 0 Å². The molecule has 1 aliphatic carbocycles. The molecule has 0 bridgehead atoms. The van der Waals surface area contributed by atoms with Gasteiger partial charge in [0.2, 0.25) is 0 Å². The van der Waals surface area contributed by atoms with Gasteiger partial charge in [-0.2, -0.15) is 0 Å². The Hall–Kier alpha value is -2.14. The van der Waals surface area contributed by atoms with E-state index in [1.54, 1.807) is 6.33 Å². The summed E-state index contributed by atoms with van der Waals surface area (Å²) in [6.45, 7) is 0. The summed E-state index contributed by atoms with van der Waals surface area (Å²) in [4.78, 5) is 12.6. The molecule has 22 heavy (non-hydrogen) atoms. The first kappa shape index (κ1) is 13.5. The van der Waals surface area contributed by atoms with Crippen molar-refractivity contribution in [3.8, 4) is 0 Å². The number of fused-ring (bicyclic) bond motifs is 1. The molecule has 110 valence electrons. The molecule has 0 amide bonds. The molecule has 1 saturated carbocycles. The van der Waals surface area contributed by atoms with E-state index in [1.165, 1.54) is 24.6 Å². The van der Waals surface area contributed by atoms with Crippen LogP contribution in [-0.4, -0.2) is 26.3 Å². The second-order valence-corrected chi connectivity index (χ2v) is 6.43. The predicted octanol–water partition coefficient (Wildman–Crippen LogP) is 3.74. The number of nitrogens with zero attached hydrogens (tertiary/aromatic N) is 3. The fraction of sp³-hybridized carbons (Fsp3) is 0.235. The van der Waals surface area contributed by atoms with Gasteiger partial charge in [-0.3, -0.25) is 4.79 Å². The van der Waals surface area contributed by atoms with E-state index in [-0.39, 0.29) is 5.78 Å². The summed E-state index contributed by atoms with van der Waals surface area (Å²) in [6, 6.07) is 14.4. The van der Waals surface area contributed by atoms with Gasteiger partial charge in [0.05, 0.1) is 5.75 Å². The van der Waals surface area contributed by atoms with Crippen molar-refractivity contribution < 1.29 is 4.79 Å². The van der Waals surface area contributed by atoms with Crippen molar-refractivity contribution in [1.29, 1.82) is 0 Å². The standard InChI is InChI=1S/C17H15N3OS/c21-16(10-22-17-19-18-11-20(17)13-8-9-13)15-7-3-5-12-4-1-2-6-14(12)15/h1-7,11,13H,8-10H2. The quantitative estimate of drug-likeness (QED) is 0.532. The van der Waals surface area contributed by atoms with Crippen LogP contribution < -0.4 is 0 Å². The highest BCUT2D eigenvalue weighted by molar-refractivity contribution is 7.99. The number of thioether (sulfide) groups is 1. The highest BCUT2D eigenvalue weighted by Crippen LogP contribution is 2.37. The number of benzene rings is 2. The summed E-state index contributed by atoms with van der Waals surface area (Å²) < 4.78 is 2.08. The zero-order valence-corrected chi connectivity index (χ0v) is 12.8. The minimum absolute atomic E-state index is 0.132. The Morgan fingerprint density at radius 2 is 2.00 bits per heavy atom. The molecule has 2 aromatic carbocycles. The third-order valence-corrected chi connectivity index (χ3v) is 4.86. The van der Waals surface area contributed by atoms with Crippen molar-refractivity contribution in [2.45, 2.75) is 24.0 Å². The molecule has 0 aliphatic heterocycles. The molecular weight excluding hydrogens is 294 g/mol. The van der Waals surface area contributed by atoms with Crippen LogP contribution in [0, 0.1) is 0 Å². The minimum Gasteiger partial charge on any atom is -0.306 e. The molecule has 4 rings (SSSR count). The lowest BCUT2D eigenvalue weighted by Crippen LogP contribution is -2.05. The lowest BCUT2D eigenvalue weighted by Gasteiger charge is -2.06. The van der Waals surface area contributed by atoms with Crippen molar-refractivity contribution in [2.75, 3.05) is 5.75 Å². The van der Waals surface area contributed by atoms with Crippen LogP contribution in [0.25, 0.3) is 10.8 Å². The Morgan fingerprint density at radius 3 is 2.86 bits per heavy atom. The summed E-state index contributed by atoms with van der Waals surface area (Å²) in [5, 5.41) is 11.0. The van der Waals surface area contributed by atoms with Gasteiger partial charge in [-0.1, -0.05) is 54.2 Å². The maximum atomic E-state index is 12.6. The zero-order valence-electron chi connectivity index (χ0n) is 12.0. The zero-order chi connectivity index (χ0) is 14.9. The van der Waals surface area contributed by atoms with Gasteiger partial charge in [-0.05, 0) is 23.6 Å². The topological polar surface area (TPSA) is 47.8 Å². The van der Waals surface area contributed by atoms with Crippen LogP contribution in [0.15, 0.2) is 53.9 Å². The number of hydrogen-bond donors (Lipinski definition) is 0. The summed E-state index contributed by atoms with van der Waals surface area (Å²) in [5.74, 6) is 0.520. The molecule has 0 atom stereocenters. The molecule has 0 saturated heterocycles. The van der Waals surface area contributed by atoms with Crippen LogP contribution in [0.1, 0.15) is 29.2 Å². The third-order valence-electron chi connectivity index (χ3n) is 3.90. The van der Waals surface area contributed by atoms with Crippen LogP contribution >= 0.6 is 11.8 Å². The fourth-order valence-corrected chi connectivity index (χ4v) is 3.48. The van der Waals surface area contributed by atoms with Crippen molar-refractivity contribution in [3.05, 3.63) is 54.4 Å². The largest absolute Gasteiger partial charge is 0.306 e. The molecule has 5 heteroatoms. The second-order valence-electron chi connectivity index (χ2n) is 5.49. The number of ketones is 1. The van der Waals surface area contributed by atoms with E-state index < -0.39 is 0 Å². The average Bonchev–Trinajstić information content (AvgIpc) is 3.30. The molecule has 3 aromatic rings. The van der Waals surface area contributed by atoms with E-state index in [0.29, 0.717) is 11.8 Å². The van der Waals surface area contributed by atoms with Crippen molar-refractivity contribution in [2.24, 2.45) is 0 Å². The Bertz CT molecular complexity index is 833. The van der Waals surface area contributed by atoms with Crippen LogP contribution in [0.4, 0.5) is 0 Å². The Balaban J connectivity index is 1.55. The molecule has 4 nitrogen and oxygen atoms in total. The molecule has 1 fully saturated rings. The van der Waals surface area contributed by atoms with E-state index in [9.17, 15) is 4.79 Å². The van der Waals surface area contributed by atoms with Crippen LogP contribution in [0.3, 0.4) is 0 Å². The molecular formula is C17H15N3OS. The first-order valence-corrected chi connectivity index (χ1v) is 8.35. The molecule has 0 N–H and O–H groups in total. The number of Topliss-reactive ketones (excluding diaryl/α,β-unsaturated/α-hetero) is 1. The Labute approximate surface area is 132 Å². The maximum Gasteiger partial charge on any atom is 0.191 e. The molecule has 0 unspecified atom stereocenters. The van der Waals surface area contributed by atoms with E-state index in [2.05, 4.69) is 14.8 Å². The Morgan fingerprint density at radius 1 is 1.18 bits per heavy atom. The highest BCUT2D eigenvalue weighted by atomic mass is 32.2. The van der Waals surface area contributed by atoms with E-state index >= 15 is 0 Å². The lowest BCUT2D eigenvalue weighted by atomic mass is 10.0. The smallest absolute Gasteiger partial charge is 0.191 e. The summed E-state index contributed by atoms with van der Waals surface area (Å²) in [7, 11) is 0. The molecule has 1 aliphatic rings. The summed E-state index contributed by atoms with van der Waals surface area (Å²) in [5.41, 5.74) is 0.781. The molecule has 1 aromatic heterocycles. The summed E-state index contributed by atoms with van der Waals surface area (Å²) in [6.07, 6.45) is 4.13. The third kappa shape index (κ3) is 2.52. The second kappa shape index (κ2) is 5.57. The van der Waals surface area contributed by atoms with E-state index in [1.807, 2.05) is 42.5 Å². The van der Waals surface area contributed by atoms with Crippen LogP contribution in [0.2, 0.25) is 0 Å². The van der Waals surface area contributed by atoms with Gasteiger partial charge in [0, 0.05) is 11.6 Å². The first-order chi connectivity index (χ1) is 10.8.